The Kier molecular flexibility index (Phi) is 10.1. The first-order chi connectivity index (χ1) is 24.1. The van der Waals surface area contributed by atoms with Crippen molar-refractivity contribution in [1.82, 2.24) is 9.80 Å². The van der Waals surface area contributed by atoms with E-state index in [1.54, 1.807) is 18.2 Å². The van der Waals surface area contributed by atoms with Crippen LogP contribution in [0.1, 0.15) is 52.0 Å². The van der Waals surface area contributed by atoms with Crippen molar-refractivity contribution in [2.45, 2.75) is 32.5 Å². The van der Waals surface area contributed by atoms with Crippen molar-refractivity contribution in [3.05, 3.63) is 81.9 Å². The Labute approximate surface area is 288 Å². The summed E-state index contributed by atoms with van der Waals surface area (Å²) in [4.78, 5) is 86.5. The molecular formula is C34H30N2O15. The highest BCUT2D eigenvalue weighted by atomic mass is 16.6. The summed E-state index contributed by atoms with van der Waals surface area (Å²) in [6.45, 7) is -1.27. The van der Waals surface area contributed by atoms with Gasteiger partial charge in [-0.15, -0.1) is 0 Å². The normalized spacial score (nSPS) is 13.5. The van der Waals surface area contributed by atoms with Crippen molar-refractivity contribution in [2.75, 3.05) is 26.2 Å². The molecule has 0 aromatic heterocycles. The minimum absolute atomic E-state index is 0.00470. The third-order valence-electron chi connectivity index (χ3n) is 7.81. The minimum atomic E-state index is -1.83. The van der Waals surface area contributed by atoms with Gasteiger partial charge in [-0.25, -0.2) is 4.79 Å². The number of aliphatic carboxylic acids is 4. The molecule has 0 fully saturated rings. The Balaban J connectivity index is 1.78. The molecule has 17 heteroatoms. The van der Waals surface area contributed by atoms with Gasteiger partial charge in [0.1, 0.15) is 23.0 Å². The van der Waals surface area contributed by atoms with Crippen LogP contribution in [-0.4, -0.2) is 98.2 Å². The molecule has 3 aromatic carbocycles. The monoisotopic (exact) mass is 706 g/mol. The van der Waals surface area contributed by atoms with Crippen molar-refractivity contribution >= 4 is 41.8 Å². The third kappa shape index (κ3) is 7.63. The molecular weight excluding hydrogens is 676 g/mol. The van der Waals surface area contributed by atoms with E-state index in [1.807, 2.05) is 0 Å². The Hall–Kier alpha value is -6.33. The molecule has 0 amide bonds. The van der Waals surface area contributed by atoms with Crippen LogP contribution in [0.15, 0.2) is 48.5 Å². The van der Waals surface area contributed by atoms with Gasteiger partial charge >= 0.3 is 41.8 Å². The minimum Gasteiger partial charge on any atom is -0.480 e. The van der Waals surface area contributed by atoms with Gasteiger partial charge < -0.3 is 39.4 Å². The van der Waals surface area contributed by atoms with Crippen LogP contribution < -0.4 is 14.2 Å². The van der Waals surface area contributed by atoms with Gasteiger partial charge in [0.25, 0.3) is 0 Å². The number of fused-ring (bicyclic) bond motifs is 6. The largest absolute Gasteiger partial charge is 0.480 e. The highest BCUT2D eigenvalue weighted by Gasteiger charge is 2.54. The first-order valence-electron chi connectivity index (χ1n) is 15.1. The molecule has 0 unspecified atom stereocenters. The van der Waals surface area contributed by atoms with Crippen molar-refractivity contribution < 1.29 is 72.9 Å². The molecule has 0 radical (unpaired) electrons. The molecule has 17 nitrogen and oxygen atoms in total. The molecule has 0 saturated heterocycles. The number of carbonyl (C=O) groups excluding carboxylic acids is 3. The summed E-state index contributed by atoms with van der Waals surface area (Å²) in [5.74, 6) is -7.84. The molecule has 4 N–H and O–H groups in total. The van der Waals surface area contributed by atoms with Crippen LogP contribution in [0.4, 0.5) is 0 Å². The molecule has 0 bridgehead atoms. The van der Waals surface area contributed by atoms with Gasteiger partial charge in [-0.2, -0.15) is 0 Å². The molecule has 2 aliphatic heterocycles. The van der Waals surface area contributed by atoms with E-state index in [9.17, 15) is 54.0 Å². The molecule has 0 aliphatic carbocycles. The SMILES string of the molecule is CC(=O)Oc1cc2c(cc1CN(CC(=O)O)CC(=O)O)C1(OC(=O)c3ccccc31)c1cc(CN(CC(=O)O)CC(=O)O)c(OC(C)=O)cc1O2. The summed E-state index contributed by atoms with van der Waals surface area (Å²) >= 11 is 0. The maximum Gasteiger partial charge on any atom is 0.340 e. The molecule has 0 saturated carbocycles. The number of carbonyl (C=O) groups is 7. The lowest BCUT2D eigenvalue weighted by atomic mass is 9.76. The lowest BCUT2D eigenvalue weighted by molar-refractivity contribution is -0.144. The second-order valence-electron chi connectivity index (χ2n) is 11.7. The van der Waals surface area contributed by atoms with Gasteiger partial charge in [0.2, 0.25) is 0 Å². The van der Waals surface area contributed by atoms with Gasteiger partial charge in [0.05, 0.1) is 31.7 Å². The van der Waals surface area contributed by atoms with Gasteiger partial charge in [-0.3, -0.25) is 38.6 Å². The Morgan fingerprint density at radius 1 is 0.647 bits per heavy atom. The van der Waals surface area contributed by atoms with Crippen molar-refractivity contribution in [1.29, 1.82) is 0 Å². The highest BCUT2D eigenvalue weighted by Crippen LogP contribution is 2.58. The number of nitrogens with zero attached hydrogens (tertiary/aromatic N) is 2. The average Bonchev–Trinajstić information content (AvgIpc) is 3.29. The van der Waals surface area contributed by atoms with Gasteiger partial charge in [-0.1, -0.05) is 18.2 Å². The maximum absolute atomic E-state index is 13.5. The summed E-state index contributed by atoms with van der Waals surface area (Å²) in [5.41, 5.74) is -0.789. The Morgan fingerprint density at radius 3 is 1.45 bits per heavy atom. The van der Waals surface area contributed by atoms with Gasteiger partial charge in [0.15, 0.2) is 5.60 Å². The van der Waals surface area contributed by atoms with Crippen LogP contribution in [0, 0.1) is 0 Å². The van der Waals surface area contributed by atoms with Crippen LogP contribution in [0.5, 0.6) is 23.0 Å². The summed E-state index contributed by atoms with van der Waals surface area (Å²) in [6.07, 6.45) is 0. The summed E-state index contributed by atoms with van der Waals surface area (Å²) in [7, 11) is 0. The highest BCUT2D eigenvalue weighted by molar-refractivity contribution is 5.97. The number of benzene rings is 3. The van der Waals surface area contributed by atoms with E-state index in [0.29, 0.717) is 5.56 Å². The van der Waals surface area contributed by atoms with E-state index in [4.69, 9.17) is 18.9 Å². The van der Waals surface area contributed by atoms with Gasteiger partial charge in [0, 0.05) is 66.9 Å². The number of hydrogen-bond acceptors (Lipinski definition) is 13. The molecule has 266 valence electrons. The smallest absolute Gasteiger partial charge is 0.340 e. The zero-order chi connectivity index (χ0) is 37.2. The fourth-order valence-electron chi connectivity index (χ4n) is 6.14. The van der Waals surface area contributed by atoms with Crippen LogP contribution in [0.2, 0.25) is 0 Å². The quantitative estimate of drug-likeness (QED) is 0.138. The van der Waals surface area contributed by atoms with Crippen LogP contribution >= 0.6 is 0 Å². The first-order valence-corrected chi connectivity index (χ1v) is 15.1. The summed E-state index contributed by atoms with van der Waals surface area (Å²) < 4.78 is 23.3. The molecule has 1 spiro atoms. The zero-order valence-electron chi connectivity index (χ0n) is 27.0. The van der Waals surface area contributed by atoms with E-state index in [1.165, 1.54) is 30.3 Å². The van der Waals surface area contributed by atoms with Crippen LogP contribution in [-0.2, 0) is 52.2 Å². The van der Waals surface area contributed by atoms with Crippen LogP contribution in [0.25, 0.3) is 0 Å². The van der Waals surface area contributed by atoms with Crippen molar-refractivity contribution in [2.24, 2.45) is 0 Å². The zero-order valence-corrected chi connectivity index (χ0v) is 27.0. The standard InChI is InChI=1S/C34H30N2O15/c1-17(37)48-25-9-27-23(7-19(25)11-35(13-29(39)40)14-30(41)42)34(22-6-4-3-5-21(22)33(47)51-34)24-8-20(12-36(15-31(43)44)16-32(45)46)26(49-18(2)38)10-28(24)50-27/h3-10H,11-16H2,1-2H3,(H,39,40)(H,41,42)(H,43,44)(H,45,46). The molecule has 5 rings (SSSR count). The lowest BCUT2D eigenvalue weighted by Crippen LogP contribution is -2.36. The number of rotatable bonds is 14. The molecule has 2 heterocycles. The molecule has 2 aliphatic rings. The van der Waals surface area contributed by atoms with E-state index in [-0.39, 0.29) is 63.9 Å². The number of esters is 3. The fraction of sp³-hybridized carbons (Fsp3) is 0.265. The van der Waals surface area contributed by atoms with Crippen molar-refractivity contribution in [3.63, 3.8) is 0 Å². The topological polar surface area (TPSA) is 244 Å². The van der Waals surface area contributed by atoms with E-state index in [2.05, 4.69) is 0 Å². The maximum atomic E-state index is 13.5. The van der Waals surface area contributed by atoms with E-state index in [0.717, 1.165) is 23.6 Å². The van der Waals surface area contributed by atoms with Crippen LogP contribution in [0.3, 0.4) is 0 Å². The third-order valence-corrected chi connectivity index (χ3v) is 7.81. The predicted octanol–water partition coefficient (Wildman–Crippen LogP) is 2.05. The molecule has 3 aromatic rings. The van der Waals surface area contributed by atoms with E-state index >= 15 is 0 Å². The number of hydrogen-bond donors (Lipinski definition) is 4. The number of carboxylic acid groups (broad SMARTS) is 4. The number of ether oxygens (including phenoxy) is 4. The molecule has 0 atom stereocenters. The average molecular weight is 707 g/mol. The fourth-order valence-corrected chi connectivity index (χ4v) is 6.14. The predicted molar refractivity (Wildman–Crippen MR) is 168 cm³/mol. The Morgan fingerprint density at radius 2 is 1.06 bits per heavy atom. The van der Waals surface area contributed by atoms with Gasteiger partial charge in [-0.05, 0) is 18.2 Å². The van der Waals surface area contributed by atoms with Crippen molar-refractivity contribution in [3.8, 4) is 23.0 Å². The lowest BCUT2D eigenvalue weighted by Gasteiger charge is -2.38. The Bertz CT molecular complexity index is 1850. The van der Waals surface area contributed by atoms with E-state index < -0.39 is 73.6 Å². The second kappa shape index (κ2) is 14.3. The first kappa shape index (κ1) is 36.0. The second-order valence-corrected chi connectivity index (χ2v) is 11.7. The summed E-state index contributed by atoms with van der Waals surface area (Å²) in [5, 5.41) is 37.8. The number of carboxylic acids is 4. The molecule has 51 heavy (non-hydrogen) atoms. The summed E-state index contributed by atoms with van der Waals surface area (Å²) in [6, 6.07) is 11.8.